The predicted molar refractivity (Wildman–Crippen MR) is 48.0 cm³/mol. The fourth-order valence-electron chi connectivity index (χ4n) is 2.46. The molecular weight excluding hydrogens is 132 g/mol. The lowest BCUT2D eigenvalue weighted by Crippen LogP contribution is -1.97. The lowest BCUT2D eigenvalue weighted by atomic mass is 9.92. The molecule has 2 radical (unpaired) electrons. The topological polar surface area (TPSA) is 0 Å². The highest BCUT2D eigenvalue weighted by atomic mass is 14.3. The van der Waals surface area contributed by atoms with Gasteiger partial charge in [0.25, 0.3) is 0 Å². The van der Waals surface area contributed by atoms with E-state index in [2.05, 4.69) is 0 Å². The Morgan fingerprint density at radius 2 is 1.00 bits per heavy atom. The van der Waals surface area contributed by atoms with Gasteiger partial charge in [0, 0.05) is 0 Å². The quantitative estimate of drug-likeness (QED) is 0.563. The Morgan fingerprint density at radius 1 is 0.636 bits per heavy atom. The Kier molecular flexibility index (Phi) is 2.50. The predicted octanol–water partition coefficient (Wildman–Crippen LogP) is 3.67. The number of hydrogen-bond acceptors (Lipinski definition) is 0. The van der Waals surface area contributed by atoms with Crippen LogP contribution in [-0.2, 0) is 0 Å². The van der Waals surface area contributed by atoms with Crippen LogP contribution in [0.5, 0.6) is 0 Å². The maximum absolute atomic E-state index is 1.86. The Morgan fingerprint density at radius 3 is 1.36 bits per heavy atom. The Balaban J connectivity index is 1.71. The van der Waals surface area contributed by atoms with E-state index in [9.17, 15) is 0 Å². The molecule has 0 N–H and O–H groups in total. The minimum absolute atomic E-state index is 1.42. The summed E-state index contributed by atoms with van der Waals surface area (Å²) >= 11 is 0. The van der Waals surface area contributed by atoms with Gasteiger partial charge in [-0.25, -0.2) is 0 Å². The zero-order chi connectivity index (χ0) is 7.52. The monoisotopic (exact) mass is 150 g/mol. The Bertz CT molecular complexity index is 91.2. The summed E-state index contributed by atoms with van der Waals surface area (Å²) in [7, 11) is 0. The summed E-state index contributed by atoms with van der Waals surface area (Å²) in [5, 5.41) is 0. The van der Waals surface area contributed by atoms with E-state index in [4.69, 9.17) is 0 Å². The zero-order valence-corrected chi connectivity index (χ0v) is 7.36. The first kappa shape index (κ1) is 7.64. The second-order valence-electron chi connectivity index (χ2n) is 4.09. The largest absolute Gasteiger partial charge is 0.0527 e. The third-order valence-corrected chi connectivity index (χ3v) is 3.12. The molecule has 0 aromatic heterocycles. The van der Waals surface area contributed by atoms with E-state index >= 15 is 0 Å². The molecule has 0 atom stereocenters. The van der Waals surface area contributed by atoms with E-state index in [-0.39, 0.29) is 0 Å². The van der Waals surface area contributed by atoms with E-state index < -0.39 is 0 Å². The third kappa shape index (κ3) is 1.98. The highest BCUT2D eigenvalue weighted by Crippen LogP contribution is 2.39. The smallest absolute Gasteiger partial charge is 0.0235 e. The molecule has 0 heteroatoms. The van der Waals surface area contributed by atoms with Crippen molar-refractivity contribution in [2.24, 2.45) is 0 Å². The van der Waals surface area contributed by atoms with Crippen LogP contribution < -0.4 is 0 Å². The summed E-state index contributed by atoms with van der Waals surface area (Å²) in [6, 6.07) is 0. The molecule has 0 heterocycles. The van der Waals surface area contributed by atoms with Gasteiger partial charge >= 0.3 is 0 Å². The standard InChI is InChI=1S/C11H18/c1-2-6-10(5-1)9-11-7-3-4-8-11/h1-9H2. The highest BCUT2D eigenvalue weighted by Gasteiger charge is 2.22. The molecule has 0 aliphatic heterocycles. The minimum Gasteiger partial charge on any atom is -0.0527 e. The average Bonchev–Trinajstić information content (AvgIpc) is 2.60. The van der Waals surface area contributed by atoms with Crippen molar-refractivity contribution < 1.29 is 0 Å². The minimum atomic E-state index is 1.42. The highest BCUT2D eigenvalue weighted by molar-refractivity contribution is 5.07. The van der Waals surface area contributed by atoms with E-state index in [1.54, 1.807) is 0 Å². The molecule has 0 saturated heterocycles. The summed E-state index contributed by atoms with van der Waals surface area (Å²) in [5.41, 5.74) is 0. The fraction of sp³-hybridized carbons (Fsp3) is 0.818. The first-order valence-corrected chi connectivity index (χ1v) is 5.12. The summed E-state index contributed by atoms with van der Waals surface area (Å²) in [6.07, 6.45) is 13.1. The molecule has 2 fully saturated rings. The SMILES string of the molecule is C1CC[C](C[C]2CCCC2)C1. The van der Waals surface area contributed by atoms with E-state index in [1.807, 2.05) is 11.8 Å². The number of hydrogen-bond donors (Lipinski definition) is 0. The van der Waals surface area contributed by atoms with Gasteiger partial charge in [0.05, 0.1) is 0 Å². The first-order valence-electron chi connectivity index (χ1n) is 5.12. The van der Waals surface area contributed by atoms with Crippen molar-refractivity contribution >= 4 is 0 Å². The average molecular weight is 150 g/mol. The van der Waals surface area contributed by atoms with E-state index in [1.165, 1.54) is 57.8 Å². The molecule has 0 aromatic carbocycles. The fourth-order valence-corrected chi connectivity index (χ4v) is 2.46. The van der Waals surface area contributed by atoms with Crippen molar-refractivity contribution in [2.75, 3.05) is 0 Å². The molecule has 11 heavy (non-hydrogen) atoms. The molecule has 0 amide bonds. The van der Waals surface area contributed by atoms with Crippen LogP contribution in [0.1, 0.15) is 57.8 Å². The molecule has 62 valence electrons. The summed E-state index contributed by atoms with van der Waals surface area (Å²) < 4.78 is 0. The van der Waals surface area contributed by atoms with Crippen LogP contribution >= 0.6 is 0 Å². The maximum atomic E-state index is 1.86. The van der Waals surface area contributed by atoms with Crippen LogP contribution in [-0.4, -0.2) is 0 Å². The van der Waals surface area contributed by atoms with Crippen LogP contribution in [0.3, 0.4) is 0 Å². The van der Waals surface area contributed by atoms with Gasteiger partial charge in [-0.1, -0.05) is 25.7 Å². The molecule has 2 saturated carbocycles. The van der Waals surface area contributed by atoms with Crippen LogP contribution in [0.15, 0.2) is 0 Å². The first-order chi connectivity index (χ1) is 5.45. The van der Waals surface area contributed by atoms with Crippen molar-refractivity contribution in [1.82, 2.24) is 0 Å². The van der Waals surface area contributed by atoms with E-state index in [0.29, 0.717) is 0 Å². The van der Waals surface area contributed by atoms with Crippen LogP contribution in [0, 0.1) is 11.8 Å². The second kappa shape index (κ2) is 3.60. The number of rotatable bonds is 2. The summed E-state index contributed by atoms with van der Waals surface area (Å²) in [4.78, 5) is 0. The zero-order valence-electron chi connectivity index (χ0n) is 7.36. The Hall–Kier alpha value is 0. The van der Waals surface area contributed by atoms with Crippen molar-refractivity contribution in [2.45, 2.75) is 57.8 Å². The second-order valence-corrected chi connectivity index (χ2v) is 4.09. The van der Waals surface area contributed by atoms with Crippen LogP contribution in [0.4, 0.5) is 0 Å². The lowest BCUT2D eigenvalue weighted by molar-refractivity contribution is 0.720. The van der Waals surface area contributed by atoms with Crippen molar-refractivity contribution in [1.29, 1.82) is 0 Å². The molecule has 0 spiro atoms. The van der Waals surface area contributed by atoms with Gasteiger partial charge in [-0.2, -0.15) is 0 Å². The van der Waals surface area contributed by atoms with Crippen LogP contribution in [0.2, 0.25) is 0 Å². The van der Waals surface area contributed by atoms with Gasteiger partial charge in [-0.15, -0.1) is 0 Å². The molecule has 0 unspecified atom stereocenters. The van der Waals surface area contributed by atoms with Crippen molar-refractivity contribution in [3.8, 4) is 0 Å². The molecule has 0 nitrogen and oxygen atoms in total. The van der Waals surface area contributed by atoms with E-state index in [0.717, 1.165) is 0 Å². The van der Waals surface area contributed by atoms with Gasteiger partial charge in [0.2, 0.25) is 0 Å². The van der Waals surface area contributed by atoms with Crippen LogP contribution in [0.25, 0.3) is 0 Å². The lowest BCUT2D eigenvalue weighted by Gasteiger charge is -2.12. The van der Waals surface area contributed by atoms with Gasteiger partial charge < -0.3 is 0 Å². The summed E-state index contributed by atoms with van der Waals surface area (Å²) in [5.74, 6) is 3.73. The normalized spacial score (nSPS) is 28.4. The molecule has 0 aromatic rings. The molecule has 2 aliphatic carbocycles. The molecule has 0 bridgehead atoms. The van der Waals surface area contributed by atoms with Gasteiger partial charge in [0.15, 0.2) is 0 Å². The van der Waals surface area contributed by atoms with Crippen molar-refractivity contribution in [3.63, 3.8) is 0 Å². The molecular formula is C11H18. The molecule has 2 aliphatic rings. The molecule has 2 rings (SSSR count). The maximum Gasteiger partial charge on any atom is -0.0235 e. The van der Waals surface area contributed by atoms with Gasteiger partial charge in [-0.05, 0) is 43.9 Å². The van der Waals surface area contributed by atoms with Gasteiger partial charge in [0.1, 0.15) is 0 Å². The summed E-state index contributed by atoms with van der Waals surface area (Å²) in [6.45, 7) is 0. The van der Waals surface area contributed by atoms with Gasteiger partial charge in [-0.3, -0.25) is 0 Å². The Labute approximate surface area is 70.4 Å². The van der Waals surface area contributed by atoms with Crippen molar-refractivity contribution in [3.05, 3.63) is 11.8 Å². The third-order valence-electron chi connectivity index (χ3n) is 3.12.